The minimum absolute atomic E-state index is 0.00215. The van der Waals surface area contributed by atoms with Crippen LogP contribution in [0.4, 0.5) is 9.59 Å². The van der Waals surface area contributed by atoms with Gasteiger partial charge in [-0.05, 0) is 56.9 Å². The van der Waals surface area contributed by atoms with Gasteiger partial charge in [-0.15, -0.1) is 0 Å². The molecule has 260 valence electrons. The molecule has 1 aliphatic rings. The normalized spacial score (nSPS) is 16.0. The van der Waals surface area contributed by atoms with E-state index in [9.17, 15) is 28.8 Å². The van der Waals surface area contributed by atoms with Crippen LogP contribution in [-0.4, -0.2) is 80.8 Å². The molecular formula is C33H49N5O9. The Labute approximate surface area is 276 Å². The summed E-state index contributed by atoms with van der Waals surface area (Å²) in [6, 6.07) is 6.36. The Balaban J connectivity index is 2.15. The molecule has 5 N–H and O–H groups in total. The van der Waals surface area contributed by atoms with E-state index < -0.39 is 48.1 Å². The molecule has 0 aromatic heterocycles. The highest BCUT2D eigenvalue weighted by atomic mass is 16.5. The smallest absolute Gasteiger partial charge is 0.408 e. The molecule has 1 aromatic carbocycles. The number of methoxy groups -OCH3 is 1. The number of carbonyl (C=O) groups is 6. The summed E-state index contributed by atoms with van der Waals surface area (Å²) in [5.74, 6) is -2.14. The summed E-state index contributed by atoms with van der Waals surface area (Å²) in [5, 5.41) is 13.6. The van der Waals surface area contributed by atoms with Crippen molar-refractivity contribution in [1.82, 2.24) is 26.6 Å². The van der Waals surface area contributed by atoms with E-state index in [1.807, 2.05) is 32.0 Å². The van der Waals surface area contributed by atoms with Crippen molar-refractivity contribution in [3.05, 3.63) is 48.0 Å². The van der Waals surface area contributed by atoms with E-state index in [4.69, 9.17) is 9.47 Å². The van der Waals surface area contributed by atoms with Crippen molar-refractivity contribution in [3.63, 3.8) is 0 Å². The zero-order valence-corrected chi connectivity index (χ0v) is 27.7. The molecule has 0 radical (unpaired) electrons. The van der Waals surface area contributed by atoms with Crippen molar-refractivity contribution in [2.45, 2.75) is 84.0 Å². The second kappa shape index (κ2) is 21.2. The monoisotopic (exact) mass is 659 g/mol. The van der Waals surface area contributed by atoms with Gasteiger partial charge in [0.1, 0.15) is 18.7 Å². The molecule has 2 rings (SSSR count). The summed E-state index contributed by atoms with van der Waals surface area (Å²) in [6.07, 6.45) is 3.61. The zero-order chi connectivity index (χ0) is 34.6. The van der Waals surface area contributed by atoms with Crippen LogP contribution >= 0.6 is 0 Å². The third-order valence-corrected chi connectivity index (χ3v) is 7.32. The predicted molar refractivity (Wildman–Crippen MR) is 173 cm³/mol. The quantitative estimate of drug-likeness (QED) is 0.0643. The molecule has 0 saturated carbocycles. The molecule has 14 nitrogen and oxygen atoms in total. The molecule has 1 aromatic rings. The lowest BCUT2D eigenvalue weighted by molar-refractivity contribution is -0.137. The summed E-state index contributed by atoms with van der Waals surface area (Å²) in [4.78, 5) is 75.5. The van der Waals surface area contributed by atoms with Crippen molar-refractivity contribution in [2.75, 3.05) is 26.8 Å². The zero-order valence-electron chi connectivity index (χ0n) is 27.7. The Kier molecular flexibility index (Phi) is 17.4. The number of nitrogens with one attached hydrogen (secondary N) is 5. The molecule has 0 unspecified atom stereocenters. The number of ether oxygens (including phenoxy) is 3. The molecule has 0 aliphatic carbocycles. The van der Waals surface area contributed by atoms with Crippen molar-refractivity contribution in [1.29, 1.82) is 0 Å². The Hall–Kier alpha value is -4.62. The van der Waals surface area contributed by atoms with Crippen molar-refractivity contribution in [2.24, 2.45) is 11.8 Å². The molecule has 0 spiro atoms. The predicted octanol–water partition coefficient (Wildman–Crippen LogP) is 2.47. The van der Waals surface area contributed by atoms with Crippen LogP contribution in [0.25, 0.3) is 0 Å². The van der Waals surface area contributed by atoms with E-state index in [-0.39, 0.29) is 50.2 Å². The first-order valence-electron chi connectivity index (χ1n) is 16.0. The number of benzene rings is 1. The van der Waals surface area contributed by atoms with E-state index >= 15 is 0 Å². The molecule has 1 fully saturated rings. The molecule has 1 heterocycles. The van der Waals surface area contributed by atoms with Gasteiger partial charge in [-0.2, -0.15) is 0 Å². The molecule has 1 aliphatic heterocycles. The van der Waals surface area contributed by atoms with Gasteiger partial charge in [-0.3, -0.25) is 14.4 Å². The van der Waals surface area contributed by atoms with Gasteiger partial charge in [0.15, 0.2) is 0 Å². The lowest BCUT2D eigenvalue weighted by atomic mass is 9.96. The number of alkyl carbamates (subject to hydrolysis) is 2. The SMILES string of the molecule is CCOC(=O)/C=C/[C@H](C[C@@H]1CCNC1=O)NC(=O)[C@H](CC(C)C)NC(=O)[C@H](CCCCNC(=O)OC)NC(=O)OCc1ccccc1. The molecule has 0 bridgehead atoms. The lowest BCUT2D eigenvalue weighted by Crippen LogP contribution is -2.55. The fourth-order valence-corrected chi connectivity index (χ4v) is 4.92. The highest BCUT2D eigenvalue weighted by molar-refractivity contribution is 5.91. The highest BCUT2D eigenvalue weighted by Crippen LogP contribution is 2.18. The van der Waals surface area contributed by atoms with Crippen LogP contribution in [0.2, 0.25) is 0 Å². The van der Waals surface area contributed by atoms with Crippen LogP contribution in [-0.2, 0) is 40.0 Å². The van der Waals surface area contributed by atoms with Crippen LogP contribution in [0.1, 0.15) is 64.9 Å². The van der Waals surface area contributed by atoms with E-state index in [1.165, 1.54) is 19.3 Å². The number of unbranched alkanes of at least 4 members (excludes halogenated alkanes) is 1. The van der Waals surface area contributed by atoms with Gasteiger partial charge < -0.3 is 40.8 Å². The standard InChI is InChI=1S/C33H49N5O9/c1-5-46-28(39)15-14-25(20-24-16-18-34-29(24)40)36-31(42)27(19-22(2)3)37-30(41)26(13-9-10-17-35-32(43)45-4)38-33(44)47-21-23-11-7-6-8-12-23/h6-8,11-12,14-15,22,24-27H,5,9-10,13,16-21H2,1-4H3,(H,34,40)(H,35,43)(H,36,42)(H,37,41)(H,38,44)/b15-14+/t24-,25+,26-,27-/m0/s1. The molecular weight excluding hydrogens is 610 g/mol. The minimum Gasteiger partial charge on any atom is -0.463 e. The second-order valence-electron chi connectivity index (χ2n) is 11.6. The third kappa shape index (κ3) is 15.5. The Morgan fingerprint density at radius 1 is 0.957 bits per heavy atom. The third-order valence-electron chi connectivity index (χ3n) is 7.32. The van der Waals surface area contributed by atoms with Crippen LogP contribution < -0.4 is 26.6 Å². The largest absolute Gasteiger partial charge is 0.463 e. The maximum Gasteiger partial charge on any atom is 0.408 e. The first-order valence-corrected chi connectivity index (χ1v) is 16.0. The van der Waals surface area contributed by atoms with Crippen molar-refractivity contribution < 1.29 is 43.0 Å². The number of carbonyl (C=O) groups excluding carboxylic acids is 6. The molecule has 4 atom stereocenters. The molecule has 47 heavy (non-hydrogen) atoms. The Morgan fingerprint density at radius 2 is 1.68 bits per heavy atom. The maximum absolute atomic E-state index is 13.6. The van der Waals surface area contributed by atoms with Gasteiger partial charge in [0, 0.05) is 31.1 Å². The van der Waals surface area contributed by atoms with Crippen LogP contribution in [0.15, 0.2) is 42.5 Å². The maximum atomic E-state index is 13.6. The van der Waals surface area contributed by atoms with Crippen molar-refractivity contribution in [3.8, 4) is 0 Å². The molecule has 1 saturated heterocycles. The van der Waals surface area contributed by atoms with Gasteiger partial charge in [0.25, 0.3) is 0 Å². The lowest BCUT2D eigenvalue weighted by Gasteiger charge is -2.26. The van der Waals surface area contributed by atoms with Crippen LogP contribution in [0, 0.1) is 11.8 Å². The van der Waals surface area contributed by atoms with E-state index in [0.29, 0.717) is 32.4 Å². The van der Waals surface area contributed by atoms with Gasteiger partial charge in [-0.1, -0.05) is 50.3 Å². The summed E-state index contributed by atoms with van der Waals surface area (Å²) < 4.78 is 14.9. The summed E-state index contributed by atoms with van der Waals surface area (Å²) in [6.45, 7) is 6.50. The van der Waals surface area contributed by atoms with Gasteiger partial charge >= 0.3 is 18.2 Å². The summed E-state index contributed by atoms with van der Waals surface area (Å²) >= 11 is 0. The van der Waals surface area contributed by atoms with Gasteiger partial charge in [0.2, 0.25) is 17.7 Å². The summed E-state index contributed by atoms with van der Waals surface area (Å²) in [7, 11) is 1.26. The van der Waals surface area contributed by atoms with Gasteiger partial charge in [0.05, 0.1) is 13.7 Å². The van der Waals surface area contributed by atoms with Crippen LogP contribution in [0.5, 0.6) is 0 Å². The fraction of sp³-hybridized carbons (Fsp3) is 0.576. The first kappa shape index (κ1) is 38.6. The Morgan fingerprint density at radius 3 is 2.32 bits per heavy atom. The second-order valence-corrected chi connectivity index (χ2v) is 11.6. The number of hydrogen-bond donors (Lipinski definition) is 5. The number of hydrogen-bond acceptors (Lipinski definition) is 9. The number of esters is 1. The molecule has 14 heteroatoms. The van der Waals surface area contributed by atoms with E-state index in [2.05, 4.69) is 31.3 Å². The summed E-state index contributed by atoms with van der Waals surface area (Å²) in [5.41, 5.74) is 0.771. The van der Waals surface area contributed by atoms with E-state index in [1.54, 1.807) is 19.1 Å². The average Bonchev–Trinajstić information content (AvgIpc) is 3.45. The van der Waals surface area contributed by atoms with Crippen LogP contribution in [0.3, 0.4) is 0 Å². The number of amides is 5. The first-order chi connectivity index (χ1) is 22.5. The van der Waals surface area contributed by atoms with Crippen molar-refractivity contribution >= 4 is 35.9 Å². The van der Waals surface area contributed by atoms with E-state index in [0.717, 1.165) is 5.56 Å². The average molecular weight is 660 g/mol. The highest BCUT2D eigenvalue weighted by Gasteiger charge is 2.31. The topological polar surface area (TPSA) is 190 Å². The Bertz CT molecular complexity index is 1210. The minimum atomic E-state index is -1.04. The van der Waals surface area contributed by atoms with Gasteiger partial charge in [-0.25, -0.2) is 14.4 Å². The molecule has 5 amide bonds. The fourth-order valence-electron chi connectivity index (χ4n) is 4.92. The number of rotatable bonds is 19.